The molecule has 1 aromatic rings. The molecular formula is C33H48Br2N4O3. The number of carbonyl (C=O) groups is 2. The number of nitrogens with one attached hydrogen (secondary N) is 1. The van der Waals surface area contributed by atoms with Gasteiger partial charge in [0, 0.05) is 49.2 Å². The Bertz CT molecular complexity index is 1110. The fourth-order valence-corrected chi connectivity index (χ4v) is 6.83. The molecule has 1 unspecified atom stereocenters. The highest BCUT2D eigenvalue weighted by atomic mass is 79.9. The van der Waals surface area contributed by atoms with Crippen molar-refractivity contribution in [3.05, 3.63) is 39.4 Å². The third-order valence-electron chi connectivity index (χ3n) is 8.48. The van der Waals surface area contributed by atoms with E-state index in [9.17, 15) is 14.7 Å². The number of carbonyl (C=O) groups excluding carboxylic acids is 2. The number of phenolic OH excluding ortho intramolecular Hbond substituents is 1. The Hall–Kier alpha value is -2.31. The zero-order valence-electron chi connectivity index (χ0n) is 25.4. The van der Waals surface area contributed by atoms with E-state index in [1.54, 1.807) is 4.90 Å². The number of benzene rings is 1. The molecule has 2 fully saturated rings. The normalized spacial score (nSPS) is 21.1. The maximum absolute atomic E-state index is 13.0. The lowest BCUT2D eigenvalue weighted by Crippen LogP contribution is -2.44. The van der Waals surface area contributed by atoms with Crippen LogP contribution >= 0.6 is 31.9 Å². The molecule has 7 nitrogen and oxygen atoms in total. The molecule has 0 radical (unpaired) electrons. The van der Waals surface area contributed by atoms with Crippen LogP contribution in [0.4, 0.5) is 4.79 Å². The summed E-state index contributed by atoms with van der Waals surface area (Å²) in [5.74, 6) is 1.73. The quantitative estimate of drug-likeness (QED) is 0.128. The minimum atomic E-state index is -0.357. The number of nitrogens with two attached hydrogens (primary N) is 1. The van der Waals surface area contributed by atoms with Gasteiger partial charge in [-0.15, -0.1) is 12.8 Å². The average molecular weight is 709 g/mol. The third kappa shape index (κ3) is 10.8. The third-order valence-corrected chi connectivity index (χ3v) is 9.36. The van der Waals surface area contributed by atoms with Crippen LogP contribution in [-0.4, -0.2) is 63.6 Å². The summed E-state index contributed by atoms with van der Waals surface area (Å²) in [6, 6.07) is 3.42. The molecule has 2 saturated heterocycles. The number of piperidine rings is 2. The fourth-order valence-electron chi connectivity index (χ4n) is 6.07. The van der Waals surface area contributed by atoms with Gasteiger partial charge in [0.25, 0.3) is 0 Å². The second kappa shape index (κ2) is 17.1. The largest absolute Gasteiger partial charge is 0.508 e. The molecule has 3 amide bonds. The first-order chi connectivity index (χ1) is 19.9. The zero-order valence-corrected chi connectivity index (χ0v) is 28.6. The minimum absolute atomic E-state index is 0.104. The predicted molar refractivity (Wildman–Crippen MR) is 179 cm³/mol. The molecule has 1 aliphatic carbocycles. The molecule has 4 N–H and O–H groups in total. The highest BCUT2D eigenvalue weighted by Gasteiger charge is 2.33. The zero-order chi connectivity index (χ0) is 31.4. The van der Waals surface area contributed by atoms with Gasteiger partial charge in [0.15, 0.2) is 0 Å². The van der Waals surface area contributed by atoms with Crippen molar-refractivity contribution in [2.24, 2.45) is 17.6 Å². The molecule has 1 aromatic carbocycles. The van der Waals surface area contributed by atoms with Crippen molar-refractivity contribution in [2.45, 2.75) is 88.8 Å². The van der Waals surface area contributed by atoms with Gasteiger partial charge in [0.05, 0.1) is 4.32 Å². The van der Waals surface area contributed by atoms with Crippen LogP contribution in [0.3, 0.4) is 0 Å². The number of allylic oxidation sites excluding steroid dienone is 2. The lowest BCUT2D eigenvalue weighted by molar-refractivity contribution is -0.134. The summed E-state index contributed by atoms with van der Waals surface area (Å²) in [6.07, 6.45) is 20.4. The molecule has 2 heterocycles. The number of aryl methyl sites for hydroxylation is 1. The summed E-state index contributed by atoms with van der Waals surface area (Å²) in [7, 11) is 0. The van der Waals surface area contributed by atoms with E-state index >= 15 is 0 Å². The number of rotatable bonds is 5. The number of nitrogens with zero attached hydrogens (tertiary/aromatic N) is 2. The van der Waals surface area contributed by atoms with Gasteiger partial charge in [-0.2, -0.15) is 0 Å². The van der Waals surface area contributed by atoms with Crippen molar-refractivity contribution in [1.82, 2.24) is 9.80 Å². The summed E-state index contributed by atoms with van der Waals surface area (Å²) in [6.45, 7) is 9.01. The number of amides is 3. The van der Waals surface area contributed by atoms with Gasteiger partial charge in [-0.3, -0.25) is 4.79 Å². The van der Waals surface area contributed by atoms with E-state index in [0.29, 0.717) is 43.0 Å². The molecule has 0 saturated carbocycles. The summed E-state index contributed by atoms with van der Waals surface area (Å²) >= 11 is 6.99. The van der Waals surface area contributed by atoms with Gasteiger partial charge in [-0.05, 0) is 100 Å². The topological polar surface area (TPSA) is 111 Å². The predicted octanol–water partition coefficient (Wildman–Crippen LogP) is 7.39. The highest BCUT2D eigenvalue weighted by molar-refractivity contribution is 9.10. The standard InChI is InChI=1S/C27H38BrN3O3.C4H8BrN.C2H2/c1-2-18-4-3-5-21-16-22(32)17-24(28)26(21)23(14-18)20-8-12-30(13-9-20)25(33)15-19-6-10-31(11-7-19)27(29)34;1-4(2,5)3-6;1-2/h14,16-17,19-20,23,32H,2-13,15H2,1H3,(H2,29,34);3,6H,1-2H3;1-2H/b18-14-;;. The lowest BCUT2D eigenvalue weighted by atomic mass is 9.75. The van der Waals surface area contributed by atoms with Gasteiger partial charge in [0.2, 0.25) is 5.91 Å². The molecule has 0 bridgehead atoms. The van der Waals surface area contributed by atoms with Gasteiger partial charge in [-0.25, -0.2) is 4.79 Å². The molecule has 1 atom stereocenters. The Balaban J connectivity index is 0.000000686. The number of aromatic hydroxyl groups is 1. The van der Waals surface area contributed by atoms with Crippen molar-refractivity contribution in [1.29, 1.82) is 5.41 Å². The van der Waals surface area contributed by atoms with E-state index in [1.165, 1.54) is 22.9 Å². The number of hydrogen-bond acceptors (Lipinski definition) is 4. The van der Waals surface area contributed by atoms with Crippen molar-refractivity contribution in [3.63, 3.8) is 0 Å². The SMILES string of the molecule is C#C.CC(C)(Br)C=N.CC/C1=C/C(C2CCN(C(=O)CC3CCN(C(N)=O)CC3)CC2)c2c(Br)cc(O)cc2CCC1. The van der Waals surface area contributed by atoms with Crippen LogP contribution < -0.4 is 5.73 Å². The number of likely N-dealkylation sites (tertiary alicyclic amines) is 2. The highest BCUT2D eigenvalue weighted by Crippen LogP contribution is 2.43. The fraction of sp³-hybridized carbons (Fsp3) is 0.606. The van der Waals surface area contributed by atoms with Crippen LogP contribution in [0.5, 0.6) is 5.75 Å². The number of primary amides is 1. The van der Waals surface area contributed by atoms with Crippen LogP contribution in [-0.2, 0) is 11.2 Å². The maximum Gasteiger partial charge on any atom is 0.314 e. The molecule has 4 rings (SSSR count). The van der Waals surface area contributed by atoms with Crippen molar-refractivity contribution in [3.8, 4) is 18.6 Å². The van der Waals surface area contributed by atoms with Crippen LogP contribution in [0.1, 0.15) is 89.2 Å². The molecular weight excluding hydrogens is 660 g/mol. The first kappa shape index (κ1) is 35.9. The summed E-state index contributed by atoms with van der Waals surface area (Å²) < 4.78 is 0.898. The number of alkyl halides is 1. The number of fused-ring (bicyclic) bond motifs is 1. The van der Waals surface area contributed by atoms with Gasteiger partial charge >= 0.3 is 6.03 Å². The Morgan fingerprint density at radius 3 is 2.19 bits per heavy atom. The summed E-state index contributed by atoms with van der Waals surface area (Å²) in [5, 5.41) is 16.9. The van der Waals surface area contributed by atoms with E-state index in [4.69, 9.17) is 11.1 Å². The van der Waals surface area contributed by atoms with E-state index in [1.807, 2.05) is 26.0 Å². The van der Waals surface area contributed by atoms with Crippen LogP contribution in [0, 0.1) is 30.1 Å². The molecule has 0 aromatic heterocycles. The number of urea groups is 1. The number of halogens is 2. The molecule has 9 heteroatoms. The Labute approximate surface area is 269 Å². The van der Waals surface area contributed by atoms with Gasteiger partial charge in [0.1, 0.15) is 5.75 Å². The Kier molecular flexibility index (Phi) is 14.6. The van der Waals surface area contributed by atoms with Crippen molar-refractivity contribution < 1.29 is 14.7 Å². The van der Waals surface area contributed by atoms with Crippen molar-refractivity contribution in [2.75, 3.05) is 26.2 Å². The number of terminal acetylenes is 1. The molecule has 0 spiro atoms. The van der Waals surface area contributed by atoms with Crippen molar-refractivity contribution >= 4 is 50.0 Å². The second-order valence-electron chi connectivity index (χ2n) is 12.0. The lowest BCUT2D eigenvalue weighted by Gasteiger charge is -2.38. The second-order valence-corrected chi connectivity index (χ2v) is 14.9. The van der Waals surface area contributed by atoms with E-state index in [-0.39, 0.29) is 16.3 Å². The number of hydrogen-bond donors (Lipinski definition) is 3. The van der Waals surface area contributed by atoms with Crippen LogP contribution in [0.2, 0.25) is 0 Å². The number of phenols is 1. The molecule has 2 aliphatic heterocycles. The summed E-state index contributed by atoms with van der Waals surface area (Å²) in [4.78, 5) is 28.1. The molecule has 3 aliphatic rings. The van der Waals surface area contributed by atoms with Crippen LogP contribution in [0.25, 0.3) is 0 Å². The molecule has 42 heavy (non-hydrogen) atoms. The minimum Gasteiger partial charge on any atom is -0.508 e. The summed E-state index contributed by atoms with van der Waals surface area (Å²) in [5.41, 5.74) is 9.49. The Morgan fingerprint density at radius 2 is 1.67 bits per heavy atom. The van der Waals surface area contributed by atoms with Crippen LogP contribution in [0.15, 0.2) is 28.3 Å². The van der Waals surface area contributed by atoms with E-state index < -0.39 is 0 Å². The first-order valence-corrected chi connectivity index (χ1v) is 16.6. The Morgan fingerprint density at radius 1 is 1.10 bits per heavy atom. The molecule has 232 valence electrons. The first-order valence-electron chi connectivity index (χ1n) is 15.0. The van der Waals surface area contributed by atoms with E-state index in [2.05, 4.69) is 62.6 Å². The monoisotopic (exact) mass is 706 g/mol. The maximum atomic E-state index is 13.0. The average Bonchev–Trinajstić information content (AvgIpc) is 2.95. The van der Waals surface area contributed by atoms with Gasteiger partial charge < -0.3 is 26.0 Å². The van der Waals surface area contributed by atoms with E-state index in [0.717, 1.165) is 68.9 Å². The van der Waals surface area contributed by atoms with Gasteiger partial charge in [-0.1, -0.05) is 50.4 Å². The smallest absolute Gasteiger partial charge is 0.314 e.